The Morgan fingerprint density at radius 2 is 0.842 bits per heavy atom. The number of hydrogen-bond donors (Lipinski definition) is 0. The maximum atomic E-state index is 6.74. The first-order valence-corrected chi connectivity index (χ1v) is 19.0. The van der Waals surface area contributed by atoms with Crippen LogP contribution in [-0.2, 0) is 0 Å². The minimum Gasteiger partial charge on any atom is -0.456 e. The van der Waals surface area contributed by atoms with Gasteiger partial charge in [0.1, 0.15) is 22.3 Å². The van der Waals surface area contributed by atoms with Crippen LogP contribution in [0.2, 0.25) is 0 Å². The Balaban J connectivity index is 1.000. The van der Waals surface area contributed by atoms with Gasteiger partial charge in [-0.2, -0.15) is 9.97 Å². The molecule has 8 aromatic carbocycles. The molecule has 266 valence electrons. The van der Waals surface area contributed by atoms with Crippen LogP contribution in [0.25, 0.3) is 117 Å². The van der Waals surface area contributed by atoms with Gasteiger partial charge in [-0.15, -0.1) is 0 Å². The molecular weight excluding hydrogens is 701 g/mol. The number of nitrogens with zero attached hydrogens (tertiary/aromatic N) is 4. The number of hydrogen-bond acceptors (Lipinski definition) is 5. The van der Waals surface area contributed by atoms with E-state index >= 15 is 0 Å². The monoisotopic (exact) mass is 730 g/mol. The summed E-state index contributed by atoms with van der Waals surface area (Å²) < 4.78 is 15.1. The van der Waals surface area contributed by atoms with Crippen molar-refractivity contribution in [1.82, 2.24) is 19.5 Å². The molecule has 12 rings (SSSR count). The van der Waals surface area contributed by atoms with Crippen LogP contribution in [0.15, 0.2) is 191 Å². The van der Waals surface area contributed by atoms with Gasteiger partial charge in [-0.3, -0.25) is 4.57 Å². The van der Waals surface area contributed by atoms with Crippen LogP contribution in [0.5, 0.6) is 0 Å². The van der Waals surface area contributed by atoms with Crippen molar-refractivity contribution in [2.75, 3.05) is 0 Å². The van der Waals surface area contributed by atoms with Gasteiger partial charge >= 0.3 is 0 Å². The van der Waals surface area contributed by atoms with Gasteiger partial charge in [-0.25, -0.2) is 4.98 Å². The van der Waals surface area contributed by atoms with Crippen molar-refractivity contribution in [2.45, 2.75) is 0 Å². The summed E-state index contributed by atoms with van der Waals surface area (Å²) in [4.78, 5) is 15.3. The van der Waals surface area contributed by atoms with Gasteiger partial charge in [0.25, 0.3) is 0 Å². The van der Waals surface area contributed by atoms with E-state index in [2.05, 4.69) is 138 Å². The Morgan fingerprint density at radius 3 is 1.58 bits per heavy atom. The highest BCUT2D eigenvalue weighted by molar-refractivity contribution is 6.19. The highest BCUT2D eigenvalue weighted by Crippen LogP contribution is 2.44. The standard InChI is InChI=1S/C51H30N4O2/c1-2-13-32(14-3-1)49-52-50(54-51(53-49)55-41-22-7-4-15-35(41)36-16-5-8-23-42(36)55)33-29-27-31(28-30-33)34-18-11-26-45-46(34)40-21-10-20-38(48(40)57-45)37-19-12-25-44-47(37)39-17-6-9-24-43(39)56-44/h1-30H. The fourth-order valence-electron chi connectivity index (χ4n) is 8.55. The van der Waals surface area contributed by atoms with E-state index in [4.69, 9.17) is 23.8 Å². The first kappa shape index (κ1) is 31.5. The molecule has 0 unspecified atom stereocenters. The van der Waals surface area contributed by atoms with Crippen LogP contribution in [0.3, 0.4) is 0 Å². The minimum atomic E-state index is 0.574. The van der Waals surface area contributed by atoms with E-state index in [-0.39, 0.29) is 0 Å². The maximum Gasteiger partial charge on any atom is 0.238 e. The van der Waals surface area contributed by atoms with E-state index < -0.39 is 0 Å². The fourth-order valence-corrected chi connectivity index (χ4v) is 8.55. The van der Waals surface area contributed by atoms with Crippen LogP contribution in [0, 0.1) is 0 Å². The first-order chi connectivity index (χ1) is 28.3. The molecule has 0 spiro atoms. The number of fused-ring (bicyclic) bond motifs is 9. The zero-order valence-corrected chi connectivity index (χ0v) is 30.4. The highest BCUT2D eigenvalue weighted by atomic mass is 16.3. The number of rotatable bonds is 5. The van der Waals surface area contributed by atoms with Crippen LogP contribution >= 0.6 is 0 Å². The molecule has 0 N–H and O–H groups in total. The Labute approximate surface area is 325 Å². The molecule has 0 saturated carbocycles. The van der Waals surface area contributed by atoms with Crippen LogP contribution in [0.1, 0.15) is 0 Å². The zero-order valence-electron chi connectivity index (χ0n) is 30.4. The second-order valence-corrected chi connectivity index (χ2v) is 14.3. The third kappa shape index (κ3) is 4.87. The summed E-state index contributed by atoms with van der Waals surface area (Å²) in [7, 11) is 0. The number of aromatic nitrogens is 4. The van der Waals surface area contributed by atoms with Gasteiger partial charge in [-0.05, 0) is 47.0 Å². The smallest absolute Gasteiger partial charge is 0.238 e. The molecule has 0 saturated heterocycles. The van der Waals surface area contributed by atoms with Gasteiger partial charge in [-0.1, -0.05) is 152 Å². The molecule has 0 atom stereocenters. The summed E-state index contributed by atoms with van der Waals surface area (Å²) >= 11 is 0. The number of para-hydroxylation sites is 4. The molecular formula is C51H30N4O2. The van der Waals surface area contributed by atoms with Crippen molar-refractivity contribution >= 4 is 65.7 Å². The molecule has 6 heteroatoms. The van der Waals surface area contributed by atoms with Crippen LogP contribution in [-0.4, -0.2) is 19.5 Å². The van der Waals surface area contributed by atoms with Gasteiger partial charge in [0.05, 0.1) is 11.0 Å². The van der Waals surface area contributed by atoms with Gasteiger partial charge in [0.2, 0.25) is 5.95 Å². The normalized spacial score (nSPS) is 11.9. The highest BCUT2D eigenvalue weighted by Gasteiger charge is 2.21. The molecule has 6 nitrogen and oxygen atoms in total. The van der Waals surface area contributed by atoms with Crippen LogP contribution in [0.4, 0.5) is 0 Å². The molecule has 0 aliphatic heterocycles. The molecule has 0 aliphatic rings. The van der Waals surface area contributed by atoms with Gasteiger partial charge < -0.3 is 8.83 Å². The van der Waals surface area contributed by atoms with Crippen molar-refractivity contribution in [2.24, 2.45) is 0 Å². The summed E-state index contributed by atoms with van der Waals surface area (Å²) in [6, 6.07) is 62.6. The van der Waals surface area contributed by atoms with E-state index in [9.17, 15) is 0 Å². The Morgan fingerprint density at radius 1 is 0.333 bits per heavy atom. The second kappa shape index (κ2) is 12.3. The molecule has 4 heterocycles. The lowest BCUT2D eigenvalue weighted by atomic mass is 9.95. The largest absolute Gasteiger partial charge is 0.456 e. The molecule has 0 fully saturated rings. The molecule has 0 aliphatic carbocycles. The van der Waals surface area contributed by atoms with Crippen molar-refractivity contribution in [1.29, 1.82) is 0 Å². The summed E-state index contributed by atoms with van der Waals surface area (Å²) in [6.07, 6.45) is 0. The lowest BCUT2D eigenvalue weighted by Gasteiger charge is -2.11. The van der Waals surface area contributed by atoms with E-state index in [1.165, 1.54) is 0 Å². The van der Waals surface area contributed by atoms with E-state index in [0.717, 1.165) is 99.1 Å². The number of benzene rings is 8. The van der Waals surface area contributed by atoms with Gasteiger partial charge in [0, 0.05) is 49.0 Å². The average molecular weight is 731 g/mol. The minimum absolute atomic E-state index is 0.574. The zero-order chi connectivity index (χ0) is 37.5. The summed E-state index contributed by atoms with van der Waals surface area (Å²) in [6.45, 7) is 0. The Kier molecular flexibility index (Phi) is 6.83. The first-order valence-electron chi connectivity index (χ1n) is 19.0. The summed E-state index contributed by atoms with van der Waals surface area (Å²) in [5, 5.41) is 6.63. The maximum absolute atomic E-state index is 6.74. The molecule has 0 amide bonds. The number of furan rings is 2. The molecule has 0 bridgehead atoms. The van der Waals surface area contributed by atoms with E-state index in [1.807, 2.05) is 48.5 Å². The van der Waals surface area contributed by atoms with Crippen molar-refractivity contribution in [3.8, 4) is 51.0 Å². The third-order valence-corrected chi connectivity index (χ3v) is 11.1. The predicted octanol–water partition coefficient (Wildman–Crippen LogP) is 13.4. The Bertz CT molecular complexity index is 3470. The third-order valence-electron chi connectivity index (χ3n) is 11.1. The van der Waals surface area contributed by atoms with Crippen molar-refractivity contribution < 1.29 is 8.83 Å². The Hall–Kier alpha value is -7.83. The van der Waals surface area contributed by atoms with E-state index in [0.29, 0.717) is 17.6 Å². The lowest BCUT2D eigenvalue weighted by Crippen LogP contribution is -2.06. The molecule has 57 heavy (non-hydrogen) atoms. The SMILES string of the molecule is c1ccc(-c2nc(-c3ccc(-c4cccc5oc6c(-c7cccc8oc9ccccc9c78)cccc6c45)cc3)nc(-n3c4ccccc4c4ccccc43)n2)cc1. The van der Waals surface area contributed by atoms with E-state index in [1.54, 1.807) is 0 Å². The molecule has 4 aromatic heterocycles. The van der Waals surface area contributed by atoms with Crippen molar-refractivity contribution in [3.05, 3.63) is 182 Å². The summed E-state index contributed by atoms with van der Waals surface area (Å²) in [5.74, 6) is 1.79. The predicted molar refractivity (Wildman–Crippen MR) is 230 cm³/mol. The quantitative estimate of drug-likeness (QED) is 0.176. The molecule has 12 aromatic rings. The summed E-state index contributed by atoms with van der Waals surface area (Å²) in [5.41, 5.74) is 11.6. The van der Waals surface area contributed by atoms with Crippen LogP contribution < -0.4 is 0 Å². The lowest BCUT2D eigenvalue weighted by molar-refractivity contribution is 0.668. The topological polar surface area (TPSA) is 69.9 Å². The molecule has 0 radical (unpaired) electrons. The van der Waals surface area contributed by atoms with Crippen molar-refractivity contribution in [3.63, 3.8) is 0 Å². The second-order valence-electron chi connectivity index (χ2n) is 14.3. The average Bonchev–Trinajstić information content (AvgIpc) is 3.96. The fraction of sp³-hybridized carbons (Fsp3) is 0. The van der Waals surface area contributed by atoms with Gasteiger partial charge in [0.15, 0.2) is 11.6 Å².